The summed E-state index contributed by atoms with van der Waals surface area (Å²) in [6, 6.07) is -0.335. The Bertz CT molecular complexity index is 2500. The molecule has 1 fully saturated rings. The highest BCUT2D eigenvalue weighted by atomic mass is 19.1. The van der Waals surface area contributed by atoms with Crippen LogP contribution in [-0.4, -0.2) is 141 Å². The molecule has 0 bridgehead atoms. The van der Waals surface area contributed by atoms with E-state index in [4.69, 9.17) is 29.7 Å². The fourth-order valence-electron chi connectivity index (χ4n) is 8.71. The van der Waals surface area contributed by atoms with Gasteiger partial charge in [-0.05, 0) is 54.9 Å². The van der Waals surface area contributed by atoms with E-state index in [9.17, 15) is 54.3 Å². The first-order chi connectivity index (χ1) is 31.3. The maximum Gasteiger partial charge on any atom is 0.343 e. The zero-order valence-corrected chi connectivity index (χ0v) is 36.6. The Morgan fingerprint density at radius 1 is 1.05 bits per heavy atom. The number of hydrogen-bond donors (Lipinski definition) is 10. The molecule has 5 heterocycles. The first-order valence-electron chi connectivity index (χ1n) is 21.5. The number of aliphatic hydroxyl groups is 5. The van der Waals surface area contributed by atoms with Crippen molar-refractivity contribution >= 4 is 40.5 Å². The van der Waals surface area contributed by atoms with Crippen LogP contribution in [0.4, 0.5) is 4.39 Å². The second-order valence-electron chi connectivity index (χ2n) is 17.1. The van der Waals surface area contributed by atoms with E-state index in [0.717, 1.165) is 0 Å². The number of ether oxygens (including phenoxy) is 4. The molecule has 1 aliphatic carbocycles. The molecule has 0 radical (unpaired) electrons. The van der Waals surface area contributed by atoms with E-state index in [1.54, 1.807) is 33.8 Å². The Hall–Kier alpha value is -5.50. The summed E-state index contributed by atoms with van der Waals surface area (Å²) in [5, 5.41) is 62.1. The maximum atomic E-state index is 15.3. The highest BCUT2D eigenvalue weighted by molar-refractivity contribution is 5.94. The quantitative estimate of drug-likeness (QED) is 0.0307. The van der Waals surface area contributed by atoms with Crippen LogP contribution in [0.25, 0.3) is 22.3 Å². The number of esters is 1. The van der Waals surface area contributed by atoms with Gasteiger partial charge in [-0.25, -0.2) is 14.2 Å². The molecular weight excluding hydrogens is 874 g/mol. The Labute approximate surface area is 375 Å². The number of nitrogens with two attached hydrogens (primary N) is 1. The van der Waals surface area contributed by atoms with Gasteiger partial charge in [0.15, 0.2) is 11.9 Å². The largest absolute Gasteiger partial charge is 0.458 e. The van der Waals surface area contributed by atoms with Crippen molar-refractivity contribution in [3.8, 4) is 11.4 Å². The molecule has 11 N–H and O–H groups in total. The van der Waals surface area contributed by atoms with Crippen LogP contribution in [0, 0.1) is 18.7 Å². The van der Waals surface area contributed by atoms with Crippen molar-refractivity contribution in [2.24, 2.45) is 11.7 Å². The number of fused-ring (bicyclic) bond motifs is 5. The van der Waals surface area contributed by atoms with Gasteiger partial charge < -0.3 is 76.0 Å². The van der Waals surface area contributed by atoms with Crippen LogP contribution < -0.4 is 32.6 Å². The van der Waals surface area contributed by atoms with E-state index in [0.29, 0.717) is 57.4 Å². The van der Waals surface area contributed by atoms with E-state index in [2.05, 4.69) is 21.3 Å². The van der Waals surface area contributed by atoms with Gasteiger partial charge in [0.05, 0.1) is 60.9 Å². The lowest BCUT2D eigenvalue weighted by Crippen LogP contribution is -2.60. The van der Waals surface area contributed by atoms with E-state index in [-0.39, 0.29) is 36.6 Å². The van der Waals surface area contributed by atoms with Crippen LogP contribution >= 0.6 is 0 Å². The van der Waals surface area contributed by atoms with Gasteiger partial charge in [-0.1, -0.05) is 20.8 Å². The first kappa shape index (κ1) is 48.4. The van der Waals surface area contributed by atoms with Crippen LogP contribution in [0.2, 0.25) is 0 Å². The highest BCUT2D eigenvalue weighted by Crippen LogP contribution is 2.46. The number of carbonyl (C=O) groups excluding carboxylic acids is 5. The lowest BCUT2D eigenvalue weighted by Gasteiger charge is -2.40. The number of rotatable bonds is 16. The van der Waals surface area contributed by atoms with Gasteiger partial charge in [0.1, 0.15) is 56.2 Å². The first-order valence-corrected chi connectivity index (χ1v) is 21.5. The molecule has 3 aliphatic heterocycles. The number of aromatic nitrogens is 2. The van der Waals surface area contributed by atoms with Gasteiger partial charge in [0.25, 0.3) is 5.56 Å². The van der Waals surface area contributed by atoms with Crippen molar-refractivity contribution in [1.82, 2.24) is 30.8 Å². The summed E-state index contributed by atoms with van der Waals surface area (Å²) in [5.41, 5.74) is 6.98. The molecule has 2 aromatic heterocycles. The van der Waals surface area contributed by atoms with Crippen LogP contribution in [-0.2, 0) is 68.1 Å². The average molecular weight is 928 g/mol. The normalized spacial score (nSPS) is 25.0. The minimum atomic E-state index is -2.06. The molecule has 9 atom stereocenters. The molecule has 4 amide bonds. The number of pyridine rings is 2. The summed E-state index contributed by atoms with van der Waals surface area (Å²) in [7, 11) is 0. The van der Waals surface area contributed by atoms with Gasteiger partial charge in [-0.15, -0.1) is 0 Å². The maximum absolute atomic E-state index is 15.3. The number of aliphatic hydroxyl groups excluding tert-OH is 4. The molecule has 0 saturated carbocycles. The minimum absolute atomic E-state index is 0.0404. The second-order valence-corrected chi connectivity index (χ2v) is 17.1. The van der Waals surface area contributed by atoms with E-state index >= 15 is 4.39 Å². The number of carbonyl (C=O) groups is 5. The lowest BCUT2D eigenvalue weighted by molar-refractivity contribution is -0.301. The number of nitrogens with zero attached hydrogens (tertiary/aromatic N) is 2. The summed E-state index contributed by atoms with van der Waals surface area (Å²) >= 11 is 0. The molecular formula is C43H54FN7O15. The van der Waals surface area contributed by atoms with Gasteiger partial charge in [0.2, 0.25) is 23.6 Å². The fourth-order valence-corrected chi connectivity index (χ4v) is 8.71. The molecule has 0 unspecified atom stereocenters. The highest BCUT2D eigenvalue weighted by Gasteiger charge is 2.47. The molecule has 0 spiro atoms. The average Bonchev–Trinajstić information content (AvgIpc) is 3.67. The van der Waals surface area contributed by atoms with E-state index in [1.807, 2.05) is 0 Å². The third-order valence-corrected chi connectivity index (χ3v) is 12.7. The van der Waals surface area contributed by atoms with Crippen molar-refractivity contribution in [2.75, 3.05) is 33.1 Å². The molecule has 66 heavy (non-hydrogen) atoms. The molecule has 358 valence electrons. The number of nitrogens with one attached hydrogen (secondary N) is 4. The van der Waals surface area contributed by atoms with Crippen LogP contribution in [0.1, 0.15) is 73.0 Å². The SMILES string of the molecule is CC[C@@]1(O)C(=O)OCc2c1cc1n(c2=O)Cc2c-1nc1cc(F)c(C)c3c1c2[C@@H](NC(=O)COCNC(=O)CNC(=O)[C@H](CO[C@@H]1O[C@H](CO)[C@H](O)[C@H](O)[C@H]1O)NC(=O)[C@@H](N)C(C)C)CC3. The predicted octanol–water partition coefficient (Wildman–Crippen LogP) is -2.88. The van der Waals surface area contributed by atoms with Crippen molar-refractivity contribution in [3.05, 3.63) is 61.7 Å². The Kier molecular flexibility index (Phi) is 14.2. The third kappa shape index (κ3) is 9.01. The summed E-state index contributed by atoms with van der Waals surface area (Å²) in [6.07, 6.45) is -7.46. The zero-order valence-electron chi connectivity index (χ0n) is 36.6. The van der Waals surface area contributed by atoms with Crippen molar-refractivity contribution < 1.29 is 72.8 Å². The Morgan fingerprint density at radius 3 is 2.48 bits per heavy atom. The van der Waals surface area contributed by atoms with Crippen molar-refractivity contribution in [1.29, 1.82) is 0 Å². The van der Waals surface area contributed by atoms with Gasteiger partial charge in [-0.3, -0.25) is 24.0 Å². The molecule has 22 nitrogen and oxygen atoms in total. The number of amides is 4. The summed E-state index contributed by atoms with van der Waals surface area (Å²) < 4.78 is 38.2. The fraction of sp³-hybridized carbons (Fsp3) is 0.558. The van der Waals surface area contributed by atoms with Crippen LogP contribution in [0.3, 0.4) is 0 Å². The number of halogens is 1. The summed E-state index contributed by atoms with van der Waals surface area (Å²) in [6.45, 7) is 3.31. The predicted molar refractivity (Wildman–Crippen MR) is 225 cm³/mol. The molecule has 7 rings (SSSR count). The van der Waals surface area contributed by atoms with Gasteiger partial charge in [0, 0.05) is 22.6 Å². The molecule has 3 aromatic rings. The smallest absolute Gasteiger partial charge is 0.343 e. The van der Waals surface area contributed by atoms with E-state index < -0.39 is 129 Å². The van der Waals surface area contributed by atoms with Crippen LogP contribution in [0.5, 0.6) is 0 Å². The number of aryl methyl sites for hydroxylation is 1. The molecule has 4 aliphatic rings. The number of hydrogen-bond acceptors (Lipinski definition) is 17. The summed E-state index contributed by atoms with van der Waals surface area (Å²) in [5.74, 6) is -4.67. The van der Waals surface area contributed by atoms with Crippen molar-refractivity contribution in [2.45, 2.75) is 115 Å². The molecule has 1 aromatic carbocycles. The Balaban J connectivity index is 0.985. The zero-order chi connectivity index (χ0) is 47.9. The van der Waals surface area contributed by atoms with Crippen LogP contribution in [0.15, 0.2) is 16.9 Å². The van der Waals surface area contributed by atoms with Crippen molar-refractivity contribution in [3.63, 3.8) is 0 Å². The topological polar surface area (TPSA) is 332 Å². The monoisotopic (exact) mass is 927 g/mol. The van der Waals surface area contributed by atoms with E-state index in [1.165, 1.54) is 10.6 Å². The number of cyclic esters (lactones) is 1. The standard InChI is InChI=1S/C43H54FN7O15/c1-5-43(62)22-8-27-34-20(11-51(27)40(60)21(22)13-65-42(43)61)32-24(7-6-19-18(4)23(44)9-25(49-34)31(19)32)48-30(54)15-63-16-47-29(53)10-46-38(58)26(50-39(59)33(45)17(2)3)14-64-41-37(57)36(56)35(55)28(12-52)66-41/h8-9,17,24,26,28,33,35-37,41,52,55-57,62H,5-7,10-16,45H2,1-4H3,(H,46,58)(H,47,53)(H,48,54)(H,50,59)/t24-,26-,28+,33-,35-,36-,37+,41+,43-/m0/s1. The minimum Gasteiger partial charge on any atom is -0.458 e. The second kappa shape index (κ2) is 19.4. The number of benzene rings is 1. The summed E-state index contributed by atoms with van der Waals surface area (Å²) in [4.78, 5) is 83.5. The van der Waals surface area contributed by atoms with Gasteiger partial charge in [-0.2, -0.15) is 0 Å². The molecule has 23 heteroatoms. The molecule has 1 saturated heterocycles. The third-order valence-electron chi connectivity index (χ3n) is 12.7. The lowest BCUT2D eigenvalue weighted by atomic mass is 9.81. The Morgan fingerprint density at radius 2 is 1.79 bits per heavy atom. The van der Waals surface area contributed by atoms with Gasteiger partial charge >= 0.3 is 5.97 Å².